The minimum Gasteiger partial charge on any atom is -0.347 e. The Morgan fingerprint density at radius 2 is 2.09 bits per heavy atom. The molecule has 3 heterocycles. The standard InChI is InChI=1S/C25H27N5OS/c1-6-23(31)27-20-9-7-8-18(17(20)5)24-19-10-11-30(14-15(2)3)21(19)12-22(28-24)29-25-26-13-16(4)32-25/h6-13,15H,1,14H2,2-5H3,(H,27,31)(H,26,28,29). The molecule has 4 rings (SSSR count). The molecule has 3 aromatic heterocycles. The fraction of sp³-hybridized carbons (Fsp3) is 0.240. The molecule has 7 heteroatoms. The summed E-state index contributed by atoms with van der Waals surface area (Å²) in [6.07, 6.45) is 5.24. The first-order valence-corrected chi connectivity index (χ1v) is 11.4. The zero-order chi connectivity index (χ0) is 22.8. The smallest absolute Gasteiger partial charge is 0.247 e. The average molecular weight is 446 g/mol. The third-order valence-electron chi connectivity index (χ3n) is 5.22. The van der Waals surface area contributed by atoms with E-state index in [0.29, 0.717) is 5.92 Å². The predicted octanol–water partition coefficient (Wildman–Crippen LogP) is 6.30. The fourth-order valence-electron chi connectivity index (χ4n) is 3.74. The van der Waals surface area contributed by atoms with Gasteiger partial charge in [0.1, 0.15) is 5.82 Å². The van der Waals surface area contributed by atoms with Crippen LogP contribution in [0.2, 0.25) is 0 Å². The Morgan fingerprint density at radius 1 is 1.28 bits per heavy atom. The van der Waals surface area contributed by atoms with Gasteiger partial charge in [-0.2, -0.15) is 0 Å². The van der Waals surface area contributed by atoms with Crippen molar-refractivity contribution in [2.24, 2.45) is 5.92 Å². The molecule has 0 spiro atoms. The van der Waals surface area contributed by atoms with Gasteiger partial charge in [-0.05, 0) is 43.5 Å². The Balaban J connectivity index is 1.88. The lowest BCUT2D eigenvalue weighted by Gasteiger charge is -2.15. The molecule has 6 nitrogen and oxygen atoms in total. The number of amides is 1. The van der Waals surface area contributed by atoms with Crippen LogP contribution < -0.4 is 10.6 Å². The van der Waals surface area contributed by atoms with Crippen LogP contribution in [0.5, 0.6) is 0 Å². The summed E-state index contributed by atoms with van der Waals surface area (Å²) in [6.45, 7) is 12.9. The molecular weight excluding hydrogens is 418 g/mol. The highest BCUT2D eigenvalue weighted by molar-refractivity contribution is 7.15. The number of fused-ring (bicyclic) bond motifs is 1. The van der Waals surface area contributed by atoms with Crippen molar-refractivity contribution in [3.05, 3.63) is 65.8 Å². The highest BCUT2D eigenvalue weighted by Crippen LogP contribution is 2.35. The quantitative estimate of drug-likeness (QED) is 0.327. The number of carbonyl (C=O) groups is 1. The van der Waals surface area contributed by atoms with Gasteiger partial charge in [0.25, 0.3) is 0 Å². The molecule has 2 N–H and O–H groups in total. The van der Waals surface area contributed by atoms with Gasteiger partial charge in [-0.1, -0.05) is 32.6 Å². The maximum Gasteiger partial charge on any atom is 0.247 e. The summed E-state index contributed by atoms with van der Waals surface area (Å²) in [5.41, 5.74) is 4.65. The number of rotatable bonds is 7. The number of anilines is 3. The van der Waals surface area contributed by atoms with Crippen LogP contribution in [-0.2, 0) is 11.3 Å². The van der Waals surface area contributed by atoms with Crippen LogP contribution in [0, 0.1) is 19.8 Å². The monoisotopic (exact) mass is 445 g/mol. The third kappa shape index (κ3) is 4.43. The van der Waals surface area contributed by atoms with Gasteiger partial charge in [0, 0.05) is 46.5 Å². The first-order chi connectivity index (χ1) is 15.4. The molecule has 0 fully saturated rings. The van der Waals surface area contributed by atoms with Crippen LogP contribution in [-0.4, -0.2) is 20.4 Å². The number of carbonyl (C=O) groups excluding carboxylic acids is 1. The molecule has 4 aromatic rings. The molecule has 1 aromatic carbocycles. The van der Waals surface area contributed by atoms with Crippen molar-refractivity contribution >= 4 is 44.8 Å². The molecule has 0 aliphatic heterocycles. The number of hydrogen-bond donors (Lipinski definition) is 2. The topological polar surface area (TPSA) is 71.8 Å². The lowest BCUT2D eigenvalue weighted by atomic mass is 10.0. The van der Waals surface area contributed by atoms with E-state index in [0.717, 1.165) is 55.8 Å². The normalized spacial score (nSPS) is 11.2. The van der Waals surface area contributed by atoms with Gasteiger partial charge in [0.15, 0.2) is 5.13 Å². The Kier molecular flexibility index (Phi) is 6.10. The van der Waals surface area contributed by atoms with E-state index in [-0.39, 0.29) is 5.91 Å². The molecule has 0 atom stereocenters. The molecule has 0 radical (unpaired) electrons. The maximum atomic E-state index is 11.9. The summed E-state index contributed by atoms with van der Waals surface area (Å²) >= 11 is 1.60. The molecule has 0 unspecified atom stereocenters. The summed E-state index contributed by atoms with van der Waals surface area (Å²) < 4.78 is 2.27. The molecule has 0 saturated heterocycles. The van der Waals surface area contributed by atoms with Crippen LogP contribution in [0.4, 0.5) is 16.6 Å². The van der Waals surface area contributed by atoms with Crippen LogP contribution in [0.15, 0.2) is 55.4 Å². The van der Waals surface area contributed by atoms with E-state index in [4.69, 9.17) is 4.98 Å². The van der Waals surface area contributed by atoms with Crippen molar-refractivity contribution in [2.45, 2.75) is 34.2 Å². The number of nitrogens with zero attached hydrogens (tertiary/aromatic N) is 3. The van der Waals surface area contributed by atoms with E-state index >= 15 is 0 Å². The predicted molar refractivity (Wildman–Crippen MR) is 134 cm³/mol. The fourth-order valence-corrected chi connectivity index (χ4v) is 4.42. The Bertz CT molecular complexity index is 1300. The molecule has 0 aliphatic carbocycles. The van der Waals surface area contributed by atoms with Crippen LogP contribution in [0.1, 0.15) is 24.3 Å². The van der Waals surface area contributed by atoms with Crippen molar-refractivity contribution in [2.75, 3.05) is 10.6 Å². The van der Waals surface area contributed by atoms with Gasteiger partial charge in [-0.3, -0.25) is 4.79 Å². The summed E-state index contributed by atoms with van der Waals surface area (Å²) in [7, 11) is 0. The van der Waals surface area contributed by atoms with Gasteiger partial charge >= 0.3 is 0 Å². The van der Waals surface area contributed by atoms with Crippen molar-refractivity contribution in [1.82, 2.24) is 14.5 Å². The second-order valence-corrected chi connectivity index (χ2v) is 9.46. The molecular formula is C25H27N5OS. The number of benzene rings is 1. The first-order valence-electron chi connectivity index (χ1n) is 10.6. The van der Waals surface area contributed by atoms with Crippen molar-refractivity contribution in [3.63, 3.8) is 0 Å². The van der Waals surface area contributed by atoms with Gasteiger partial charge < -0.3 is 15.2 Å². The first kappa shape index (κ1) is 21.8. The molecule has 1 amide bonds. The van der Waals surface area contributed by atoms with Gasteiger partial charge in [0.2, 0.25) is 5.91 Å². The number of nitrogens with one attached hydrogen (secondary N) is 2. The van der Waals surface area contributed by atoms with E-state index in [9.17, 15) is 4.79 Å². The third-order valence-corrected chi connectivity index (χ3v) is 6.05. The Labute approximate surface area is 192 Å². The molecule has 0 bridgehead atoms. The number of hydrogen-bond acceptors (Lipinski definition) is 5. The van der Waals surface area contributed by atoms with E-state index in [1.165, 1.54) is 6.08 Å². The second kappa shape index (κ2) is 8.96. The number of pyridine rings is 1. The van der Waals surface area contributed by atoms with Gasteiger partial charge in [-0.25, -0.2) is 9.97 Å². The number of aryl methyl sites for hydroxylation is 1. The maximum absolute atomic E-state index is 11.9. The van der Waals surface area contributed by atoms with Crippen LogP contribution in [0.3, 0.4) is 0 Å². The summed E-state index contributed by atoms with van der Waals surface area (Å²) in [5, 5.41) is 8.15. The van der Waals surface area contributed by atoms with Gasteiger partial charge in [-0.15, -0.1) is 11.3 Å². The van der Waals surface area contributed by atoms with Crippen LogP contribution in [0.25, 0.3) is 22.2 Å². The molecule has 32 heavy (non-hydrogen) atoms. The number of aromatic nitrogens is 3. The largest absolute Gasteiger partial charge is 0.347 e. The van der Waals surface area contributed by atoms with E-state index in [1.54, 1.807) is 11.3 Å². The lowest BCUT2D eigenvalue weighted by Crippen LogP contribution is -2.09. The Morgan fingerprint density at radius 3 is 2.78 bits per heavy atom. The second-order valence-electron chi connectivity index (χ2n) is 8.22. The zero-order valence-electron chi connectivity index (χ0n) is 18.8. The molecule has 0 saturated carbocycles. The summed E-state index contributed by atoms with van der Waals surface area (Å²) in [4.78, 5) is 22.4. The molecule has 0 aliphatic rings. The van der Waals surface area contributed by atoms with E-state index < -0.39 is 0 Å². The van der Waals surface area contributed by atoms with E-state index in [1.807, 2.05) is 38.2 Å². The van der Waals surface area contributed by atoms with Crippen molar-refractivity contribution in [3.8, 4) is 11.3 Å². The highest BCUT2D eigenvalue weighted by atomic mass is 32.1. The zero-order valence-corrected chi connectivity index (χ0v) is 19.6. The molecule has 164 valence electrons. The summed E-state index contributed by atoms with van der Waals surface area (Å²) in [5.74, 6) is 1.02. The summed E-state index contributed by atoms with van der Waals surface area (Å²) in [6, 6.07) is 10.1. The van der Waals surface area contributed by atoms with Crippen molar-refractivity contribution < 1.29 is 4.79 Å². The Hall–Kier alpha value is -3.45. The lowest BCUT2D eigenvalue weighted by molar-refractivity contribution is -0.111. The number of thiazole rings is 1. The van der Waals surface area contributed by atoms with Crippen molar-refractivity contribution in [1.29, 1.82) is 0 Å². The minimum atomic E-state index is -0.235. The highest BCUT2D eigenvalue weighted by Gasteiger charge is 2.16. The van der Waals surface area contributed by atoms with E-state index in [2.05, 4.69) is 58.9 Å². The minimum absolute atomic E-state index is 0.235. The average Bonchev–Trinajstić information content (AvgIpc) is 3.34. The van der Waals surface area contributed by atoms with Gasteiger partial charge in [0.05, 0.1) is 11.2 Å². The SMILES string of the molecule is C=CC(=O)Nc1cccc(-c2nc(Nc3ncc(C)s3)cc3c2ccn3CC(C)C)c1C. The van der Waals surface area contributed by atoms with Crippen LogP contribution >= 0.6 is 11.3 Å².